The highest BCUT2D eigenvalue weighted by molar-refractivity contribution is 7.80. The maximum absolute atomic E-state index is 12.7. The minimum absolute atomic E-state index is 0.219. The third kappa shape index (κ3) is 6.50. The number of nitrogens with one attached hydrogen (secondary N) is 2. The van der Waals surface area contributed by atoms with Gasteiger partial charge in [-0.15, -0.1) is 0 Å². The van der Waals surface area contributed by atoms with E-state index in [1.807, 2.05) is 0 Å². The molecule has 0 aromatic rings. The molecule has 150 valence electrons. The normalized spacial score (nSPS) is 21.1. The van der Waals surface area contributed by atoms with E-state index in [-0.39, 0.29) is 16.9 Å². The average Bonchev–Trinajstić information content (AvgIpc) is 2.67. The van der Waals surface area contributed by atoms with Crippen molar-refractivity contribution in [1.82, 2.24) is 10.2 Å². The Balaban J connectivity index is 1.86. The third-order valence-electron chi connectivity index (χ3n) is 5.40. The van der Waals surface area contributed by atoms with Gasteiger partial charge in [0.15, 0.2) is 11.0 Å². The van der Waals surface area contributed by atoms with E-state index in [4.69, 9.17) is 12.2 Å². The molecule has 0 aromatic carbocycles. The first kappa shape index (κ1) is 21.7. The molecule has 0 radical (unpaired) electrons. The zero-order chi connectivity index (χ0) is 19.6. The van der Waals surface area contributed by atoms with E-state index >= 15 is 0 Å². The van der Waals surface area contributed by atoms with Crippen LogP contribution in [0.5, 0.6) is 0 Å². The van der Waals surface area contributed by atoms with Crippen LogP contribution in [0.4, 0.5) is 0 Å². The first-order chi connectivity index (χ1) is 13.1. The lowest BCUT2D eigenvalue weighted by Crippen LogP contribution is -3.11. The van der Waals surface area contributed by atoms with Crippen LogP contribution in [0.3, 0.4) is 0 Å². The molecule has 7 heteroatoms. The lowest BCUT2D eigenvalue weighted by molar-refractivity contribution is -0.896. The monoisotopic (exact) mass is 393 g/mol. The van der Waals surface area contributed by atoms with Gasteiger partial charge in [0, 0.05) is 25.7 Å². The smallest absolute Gasteiger partial charge is 0.246 e. The molecule has 1 fully saturated rings. The number of quaternary nitrogens is 1. The van der Waals surface area contributed by atoms with Gasteiger partial charge in [0.2, 0.25) is 11.8 Å². The number of carbonyl (C=O) groups is 2. The maximum Gasteiger partial charge on any atom is 0.246 e. The summed E-state index contributed by atoms with van der Waals surface area (Å²) < 4.78 is 0. The molecule has 2 amide bonds. The second-order valence-corrected chi connectivity index (χ2v) is 7.62. The van der Waals surface area contributed by atoms with Crippen LogP contribution in [0.25, 0.3) is 0 Å². The second kappa shape index (κ2) is 11.3. The molecule has 1 aliphatic heterocycles. The molecule has 1 atom stereocenters. The number of hydrogen-bond donors (Lipinski definition) is 2. The van der Waals surface area contributed by atoms with E-state index in [1.165, 1.54) is 34.4 Å². The zero-order valence-electron chi connectivity index (χ0n) is 16.6. The van der Waals surface area contributed by atoms with E-state index in [1.54, 1.807) is 0 Å². The molecular weight excluding hydrogens is 360 g/mol. The maximum atomic E-state index is 12.7. The molecule has 1 unspecified atom stereocenters. The van der Waals surface area contributed by atoms with Crippen LogP contribution in [0.15, 0.2) is 16.6 Å². The number of aliphatic imine (C=N–C) groups is 1. The van der Waals surface area contributed by atoms with Gasteiger partial charge in [-0.1, -0.05) is 11.6 Å². The van der Waals surface area contributed by atoms with Gasteiger partial charge in [0.25, 0.3) is 0 Å². The summed E-state index contributed by atoms with van der Waals surface area (Å²) in [5, 5.41) is 2.88. The molecule has 0 aromatic heterocycles. The van der Waals surface area contributed by atoms with E-state index in [9.17, 15) is 9.59 Å². The molecular formula is C20H33N4O2S+. The van der Waals surface area contributed by atoms with Gasteiger partial charge in [-0.3, -0.25) is 19.5 Å². The summed E-state index contributed by atoms with van der Waals surface area (Å²) in [6.45, 7) is 8.78. The minimum atomic E-state index is -0.863. The van der Waals surface area contributed by atoms with Crippen LogP contribution >= 0.6 is 12.2 Å². The number of hydrogen-bond acceptors (Lipinski definition) is 4. The van der Waals surface area contributed by atoms with Gasteiger partial charge in [-0.2, -0.15) is 0 Å². The van der Waals surface area contributed by atoms with Crippen molar-refractivity contribution in [3.05, 3.63) is 11.6 Å². The topological polar surface area (TPSA) is 66.2 Å². The highest BCUT2D eigenvalue weighted by Gasteiger charge is 2.37. The molecule has 0 saturated carbocycles. The molecule has 1 heterocycles. The number of rotatable bonds is 10. The SMILES string of the molecule is CC[NH+](CC)CCCN=CC1C(=O)NC(=S)N(CCC2=CCCCC2)C1=O. The Bertz CT molecular complexity index is 599. The van der Waals surface area contributed by atoms with Crippen molar-refractivity contribution in [2.75, 3.05) is 32.7 Å². The lowest BCUT2D eigenvalue weighted by Gasteiger charge is -2.31. The van der Waals surface area contributed by atoms with Crippen LogP contribution in [0.2, 0.25) is 0 Å². The fraction of sp³-hybridized carbons (Fsp3) is 0.700. The summed E-state index contributed by atoms with van der Waals surface area (Å²) in [6.07, 6.45) is 10.2. The van der Waals surface area contributed by atoms with Crippen LogP contribution < -0.4 is 10.2 Å². The Hall–Kier alpha value is -1.60. The van der Waals surface area contributed by atoms with Crippen molar-refractivity contribution >= 4 is 35.4 Å². The molecule has 1 aliphatic carbocycles. The van der Waals surface area contributed by atoms with Crippen LogP contribution in [0.1, 0.15) is 52.4 Å². The molecule has 2 aliphatic rings. The summed E-state index contributed by atoms with van der Waals surface area (Å²) >= 11 is 5.22. The molecule has 27 heavy (non-hydrogen) atoms. The zero-order valence-corrected chi connectivity index (χ0v) is 17.4. The molecule has 6 nitrogen and oxygen atoms in total. The number of carbonyl (C=O) groups excluding carboxylic acids is 2. The molecule has 2 N–H and O–H groups in total. The summed E-state index contributed by atoms with van der Waals surface area (Å²) in [6, 6.07) is 0. The predicted molar refractivity (Wildman–Crippen MR) is 112 cm³/mol. The number of allylic oxidation sites excluding steroid dienone is 1. The largest absolute Gasteiger partial charge is 0.335 e. The van der Waals surface area contributed by atoms with Gasteiger partial charge in [0.05, 0.1) is 19.6 Å². The predicted octanol–water partition coefficient (Wildman–Crippen LogP) is 1.12. The third-order valence-corrected chi connectivity index (χ3v) is 5.73. The van der Waals surface area contributed by atoms with Crippen molar-refractivity contribution in [3.8, 4) is 0 Å². The van der Waals surface area contributed by atoms with Crippen molar-refractivity contribution in [1.29, 1.82) is 0 Å². The van der Waals surface area contributed by atoms with Gasteiger partial charge < -0.3 is 10.2 Å². The van der Waals surface area contributed by atoms with Gasteiger partial charge >= 0.3 is 0 Å². The summed E-state index contributed by atoms with van der Waals surface area (Å²) in [5.41, 5.74) is 1.39. The second-order valence-electron chi connectivity index (χ2n) is 7.24. The van der Waals surface area contributed by atoms with E-state index in [0.717, 1.165) is 45.3 Å². The Kier molecular flexibility index (Phi) is 9.07. The number of thiocarbonyl (C=S) groups is 1. The average molecular weight is 394 g/mol. The fourth-order valence-corrected chi connectivity index (χ4v) is 3.85. The minimum Gasteiger partial charge on any atom is -0.335 e. The fourth-order valence-electron chi connectivity index (χ4n) is 3.56. The van der Waals surface area contributed by atoms with Crippen molar-refractivity contribution in [3.63, 3.8) is 0 Å². The van der Waals surface area contributed by atoms with Gasteiger partial charge in [-0.05, 0) is 58.2 Å². The Morgan fingerprint density at radius 1 is 1.33 bits per heavy atom. The first-order valence-corrected chi connectivity index (χ1v) is 10.6. The van der Waals surface area contributed by atoms with Crippen LogP contribution in [-0.2, 0) is 9.59 Å². The molecule has 2 rings (SSSR count). The highest BCUT2D eigenvalue weighted by atomic mass is 32.1. The molecule has 0 bridgehead atoms. The number of nitrogens with zero attached hydrogens (tertiary/aromatic N) is 2. The summed E-state index contributed by atoms with van der Waals surface area (Å²) in [5.74, 6) is -1.48. The first-order valence-electron chi connectivity index (χ1n) is 10.2. The van der Waals surface area contributed by atoms with Crippen molar-refractivity contribution in [2.45, 2.75) is 52.4 Å². The number of amides is 2. The summed E-state index contributed by atoms with van der Waals surface area (Å²) in [7, 11) is 0. The Labute approximate surface area is 168 Å². The lowest BCUT2D eigenvalue weighted by atomic mass is 9.97. The van der Waals surface area contributed by atoms with Crippen molar-refractivity contribution < 1.29 is 14.5 Å². The van der Waals surface area contributed by atoms with Gasteiger partial charge in [-0.25, -0.2) is 0 Å². The van der Waals surface area contributed by atoms with Crippen LogP contribution in [0, 0.1) is 5.92 Å². The Morgan fingerprint density at radius 3 is 2.78 bits per heavy atom. The standard InChI is InChI=1S/C20H32N4O2S/c1-3-23(4-2)13-8-12-21-15-17-18(25)22-20(27)24(19(17)26)14-11-16-9-6-5-7-10-16/h9,15,17H,3-8,10-14H2,1-2H3,(H,22,25,27)/p+1. The van der Waals surface area contributed by atoms with E-state index < -0.39 is 5.92 Å². The summed E-state index contributed by atoms with van der Waals surface area (Å²) in [4.78, 5) is 32.3. The molecule has 1 saturated heterocycles. The van der Waals surface area contributed by atoms with E-state index in [2.05, 4.69) is 30.2 Å². The Morgan fingerprint density at radius 2 is 2.11 bits per heavy atom. The van der Waals surface area contributed by atoms with Gasteiger partial charge in [0.1, 0.15) is 0 Å². The quantitative estimate of drug-likeness (QED) is 0.192. The highest BCUT2D eigenvalue weighted by Crippen LogP contribution is 2.21. The van der Waals surface area contributed by atoms with E-state index in [0.29, 0.717) is 13.1 Å². The molecule has 0 spiro atoms. The van der Waals surface area contributed by atoms with Crippen molar-refractivity contribution in [2.24, 2.45) is 10.9 Å². The van der Waals surface area contributed by atoms with Crippen LogP contribution in [-0.4, -0.2) is 60.8 Å².